The third-order valence-corrected chi connectivity index (χ3v) is 1.97. The van der Waals surface area contributed by atoms with E-state index in [1.165, 1.54) is 6.07 Å². The Kier molecular flexibility index (Phi) is 3.31. The van der Waals surface area contributed by atoms with E-state index in [0.29, 0.717) is 5.39 Å². The normalized spacial score (nSPS) is 9.43. The Balaban J connectivity index is 0.000000980. The zero-order chi connectivity index (χ0) is 9.26. The molecule has 2 aromatic carbocycles. The Morgan fingerprint density at radius 3 is 2.50 bits per heavy atom. The van der Waals surface area contributed by atoms with Gasteiger partial charge in [0.1, 0.15) is 5.75 Å². The van der Waals surface area contributed by atoms with Crippen LogP contribution in [0.4, 0.5) is 5.69 Å². The fourth-order valence-electron chi connectivity index (χ4n) is 1.34. The maximum atomic E-state index is 10.4. The average molecular weight is 239 g/mol. The van der Waals surface area contributed by atoms with Crippen molar-refractivity contribution in [2.24, 2.45) is 5.18 Å². The minimum atomic E-state index is -0.0753. The van der Waals surface area contributed by atoms with Crippen LogP contribution in [0, 0.1) is 4.91 Å². The quantitative estimate of drug-likeness (QED) is 0.613. The van der Waals surface area contributed by atoms with Gasteiger partial charge in [-0.1, -0.05) is 30.3 Å². The van der Waals surface area contributed by atoms with Gasteiger partial charge >= 0.3 is 0 Å². The SMILES string of the molecule is O=Nc1c(O)ccc2ccccc12.[Zn]. The van der Waals surface area contributed by atoms with Gasteiger partial charge in [0, 0.05) is 24.9 Å². The zero-order valence-corrected chi connectivity index (χ0v) is 10.4. The molecule has 0 aliphatic carbocycles. The third-order valence-electron chi connectivity index (χ3n) is 1.97. The number of aromatic hydroxyl groups is 1. The first kappa shape index (κ1) is 10.8. The van der Waals surface area contributed by atoms with E-state index in [1.807, 2.05) is 12.1 Å². The molecule has 0 spiro atoms. The predicted molar refractivity (Wildman–Crippen MR) is 51.1 cm³/mol. The molecule has 2 rings (SSSR count). The van der Waals surface area contributed by atoms with Crippen molar-refractivity contribution in [1.29, 1.82) is 0 Å². The van der Waals surface area contributed by atoms with Crippen LogP contribution in [0.25, 0.3) is 10.8 Å². The third kappa shape index (κ3) is 1.66. The van der Waals surface area contributed by atoms with Crippen LogP contribution in [-0.4, -0.2) is 5.11 Å². The predicted octanol–water partition coefficient (Wildman–Crippen LogP) is 2.94. The summed E-state index contributed by atoms with van der Waals surface area (Å²) in [5.41, 5.74) is 0.109. The summed E-state index contributed by atoms with van der Waals surface area (Å²) >= 11 is 0. The molecule has 0 saturated carbocycles. The molecule has 66 valence electrons. The molecule has 3 nitrogen and oxygen atoms in total. The topological polar surface area (TPSA) is 49.7 Å². The van der Waals surface area contributed by atoms with Gasteiger partial charge in [0.25, 0.3) is 0 Å². The molecule has 2 aromatic rings. The van der Waals surface area contributed by atoms with Gasteiger partial charge in [0.2, 0.25) is 0 Å². The first-order valence-electron chi connectivity index (χ1n) is 3.87. The van der Waals surface area contributed by atoms with E-state index in [2.05, 4.69) is 5.18 Å². The van der Waals surface area contributed by atoms with Crippen LogP contribution in [0.15, 0.2) is 41.6 Å². The Bertz CT molecular complexity index is 471. The summed E-state index contributed by atoms with van der Waals surface area (Å²) < 4.78 is 0. The smallest absolute Gasteiger partial charge is 0.157 e. The fourth-order valence-corrected chi connectivity index (χ4v) is 1.34. The molecule has 0 atom stereocenters. The Hall–Kier alpha value is -1.28. The van der Waals surface area contributed by atoms with Crippen LogP contribution in [0.1, 0.15) is 0 Å². The Morgan fingerprint density at radius 2 is 1.79 bits per heavy atom. The second-order valence-electron chi connectivity index (χ2n) is 2.75. The van der Waals surface area contributed by atoms with Crippen LogP contribution in [-0.2, 0) is 19.5 Å². The van der Waals surface area contributed by atoms with Gasteiger partial charge in [-0.05, 0) is 16.6 Å². The standard InChI is InChI=1S/C10H7NO2.Zn/c12-9-6-5-7-3-1-2-4-8(7)10(9)11-13;/h1-6,12H;. The molecular formula is C10H7NO2Zn. The number of nitrogens with zero attached hydrogens (tertiary/aromatic N) is 1. The van der Waals surface area contributed by atoms with E-state index < -0.39 is 0 Å². The number of phenols is 1. The van der Waals surface area contributed by atoms with Crippen molar-refractivity contribution in [3.8, 4) is 5.75 Å². The van der Waals surface area contributed by atoms with Gasteiger partial charge in [-0.15, -0.1) is 4.91 Å². The van der Waals surface area contributed by atoms with Crippen LogP contribution in [0.3, 0.4) is 0 Å². The first-order valence-corrected chi connectivity index (χ1v) is 3.87. The van der Waals surface area contributed by atoms with E-state index in [9.17, 15) is 10.0 Å². The van der Waals surface area contributed by atoms with E-state index >= 15 is 0 Å². The number of nitroso groups, excluding NO2 is 1. The number of benzene rings is 2. The molecule has 0 fully saturated rings. The van der Waals surface area contributed by atoms with Gasteiger partial charge in [-0.25, -0.2) is 0 Å². The van der Waals surface area contributed by atoms with Crippen LogP contribution >= 0.6 is 0 Å². The largest absolute Gasteiger partial charge is 0.506 e. The molecule has 0 aromatic heterocycles. The van der Waals surface area contributed by atoms with Crippen molar-refractivity contribution in [3.05, 3.63) is 41.3 Å². The van der Waals surface area contributed by atoms with Crippen LogP contribution in [0.5, 0.6) is 5.75 Å². The summed E-state index contributed by atoms with van der Waals surface area (Å²) in [4.78, 5) is 10.4. The van der Waals surface area contributed by atoms with E-state index in [4.69, 9.17) is 0 Å². The van der Waals surface area contributed by atoms with Gasteiger partial charge in [0.15, 0.2) is 5.69 Å². The second-order valence-corrected chi connectivity index (χ2v) is 2.75. The molecule has 0 heterocycles. The van der Waals surface area contributed by atoms with Gasteiger partial charge < -0.3 is 5.11 Å². The monoisotopic (exact) mass is 237 g/mol. The average Bonchev–Trinajstić information content (AvgIpc) is 2.18. The molecule has 0 saturated heterocycles. The maximum absolute atomic E-state index is 10.4. The van der Waals surface area contributed by atoms with Crippen molar-refractivity contribution >= 4 is 16.5 Å². The summed E-state index contributed by atoms with van der Waals surface area (Å²) in [6, 6.07) is 10.5. The van der Waals surface area contributed by atoms with Crippen molar-refractivity contribution < 1.29 is 24.6 Å². The number of hydrogen-bond acceptors (Lipinski definition) is 3. The zero-order valence-electron chi connectivity index (χ0n) is 7.47. The maximum Gasteiger partial charge on any atom is 0.157 e. The summed E-state index contributed by atoms with van der Waals surface area (Å²) in [6.07, 6.45) is 0. The van der Waals surface area contributed by atoms with Crippen molar-refractivity contribution in [2.75, 3.05) is 0 Å². The van der Waals surface area contributed by atoms with Crippen molar-refractivity contribution in [3.63, 3.8) is 0 Å². The van der Waals surface area contributed by atoms with E-state index in [-0.39, 0.29) is 30.9 Å². The summed E-state index contributed by atoms with van der Waals surface area (Å²) in [6.45, 7) is 0. The molecule has 0 unspecified atom stereocenters. The molecule has 0 amide bonds. The Labute approximate surface area is 93.5 Å². The first-order chi connectivity index (χ1) is 6.33. The Morgan fingerprint density at radius 1 is 1.07 bits per heavy atom. The molecule has 0 radical (unpaired) electrons. The minimum absolute atomic E-state index is 0. The van der Waals surface area contributed by atoms with Crippen LogP contribution < -0.4 is 0 Å². The summed E-state index contributed by atoms with van der Waals surface area (Å²) in [5.74, 6) is -0.0753. The van der Waals surface area contributed by atoms with Crippen molar-refractivity contribution in [1.82, 2.24) is 0 Å². The summed E-state index contributed by atoms with van der Waals surface area (Å²) in [5, 5.41) is 13.7. The number of fused-ring (bicyclic) bond motifs is 1. The molecule has 0 aliphatic rings. The number of hydrogen-bond donors (Lipinski definition) is 1. The van der Waals surface area contributed by atoms with E-state index in [1.54, 1.807) is 18.2 Å². The summed E-state index contributed by atoms with van der Waals surface area (Å²) in [7, 11) is 0. The molecule has 0 bridgehead atoms. The molecule has 0 aliphatic heterocycles. The van der Waals surface area contributed by atoms with E-state index in [0.717, 1.165) is 5.39 Å². The van der Waals surface area contributed by atoms with Gasteiger partial charge in [0.05, 0.1) is 0 Å². The van der Waals surface area contributed by atoms with Gasteiger partial charge in [-0.3, -0.25) is 0 Å². The number of rotatable bonds is 1. The fraction of sp³-hybridized carbons (Fsp3) is 0. The second kappa shape index (κ2) is 4.29. The molecular weight excluding hydrogens is 232 g/mol. The number of phenolic OH excluding ortho intramolecular Hbond substituents is 1. The van der Waals surface area contributed by atoms with Gasteiger partial charge in [-0.2, -0.15) is 0 Å². The van der Waals surface area contributed by atoms with Crippen LogP contribution in [0.2, 0.25) is 0 Å². The minimum Gasteiger partial charge on any atom is -0.506 e. The van der Waals surface area contributed by atoms with Crippen molar-refractivity contribution in [2.45, 2.75) is 0 Å². The molecule has 1 N–H and O–H groups in total. The molecule has 4 heteroatoms. The molecule has 14 heavy (non-hydrogen) atoms.